The number of hydrogen-bond acceptors (Lipinski definition) is 9. The van der Waals surface area contributed by atoms with Crippen LogP contribution in [0.3, 0.4) is 0 Å². The highest BCUT2D eigenvalue weighted by Gasteiger charge is 2.37. The summed E-state index contributed by atoms with van der Waals surface area (Å²) in [7, 11) is 3.29. The second kappa shape index (κ2) is 12.8. The second-order valence-corrected chi connectivity index (χ2v) is 12.1. The Balaban J connectivity index is 1.23. The third-order valence-corrected chi connectivity index (χ3v) is 8.69. The molecule has 0 saturated carbocycles. The van der Waals surface area contributed by atoms with E-state index < -0.39 is 12.1 Å². The van der Waals surface area contributed by atoms with Crippen molar-refractivity contribution in [3.05, 3.63) is 99.7 Å². The van der Waals surface area contributed by atoms with Crippen LogP contribution in [0.1, 0.15) is 27.3 Å². The van der Waals surface area contributed by atoms with Crippen molar-refractivity contribution in [2.24, 2.45) is 7.05 Å². The van der Waals surface area contributed by atoms with Crippen LogP contribution in [0.2, 0.25) is 0 Å². The van der Waals surface area contributed by atoms with Crippen LogP contribution in [0.15, 0.2) is 71.7 Å². The number of rotatable bonds is 3. The minimum Gasteiger partial charge on any atom is -0.493 e. The molecule has 0 radical (unpaired) electrons. The molecule has 6 bridgehead atoms. The second-order valence-electron chi connectivity index (χ2n) is 12.1. The van der Waals surface area contributed by atoms with Crippen LogP contribution in [0.5, 0.6) is 17.2 Å². The number of carbonyl (C=O) groups is 2. The van der Waals surface area contributed by atoms with Crippen molar-refractivity contribution in [2.45, 2.75) is 32.2 Å². The van der Waals surface area contributed by atoms with Crippen LogP contribution < -0.4 is 30.4 Å². The average molecular weight is 650 g/mol. The van der Waals surface area contributed by atoms with Crippen molar-refractivity contribution >= 4 is 22.8 Å². The molecule has 1 fully saturated rings. The molecule has 3 N–H and O–H groups in total. The fourth-order valence-corrected chi connectivity index (χ4v) is 6.17. The lowest BCUT2D eigenvalue weighted by Gasteiger charge is -2.23. The van der Waals surface area contributed by atoms with E-state index in [9.17, 15) is 14.4 Å². The van der Waals surface area contributed by atoms with Crippen LogP contribution in [0, 0.1) is 6.92 Å². The van der Waals surface area contributed by atoms with E-state index >= 15 is 0 Å². The van der Waals surface area contributed by atoms with E-state index in [4.69, 9.17) is 14.2 Å². The van der Waals surface area contributed by atoms with Crippen molar-refractivity contribution < 1.29 is 23.8 Å². The Kier molecular flexibility index (Phi) is 8.27. The van der Waals surface area contributed by atoms with Crippen LogP contribution in [-0.4, -0.2) is 75.4 Å². The van der Waals surface area contributed by atoms with Crippen molar-refractivity contribution in [3.8, 4) is 28.4 Å². The maximum absolute atomic E-state index is 13.8. The van der Waals surface area contributed by atoms with Gasteiger partial charge in [-0.15, -0.1) is 0 Å². The SMILES string of the molecule is COc1cc2ccc1O[C@H]1CN(Cc3nc4c(cnn4C)c(=O)[nH]3)C[C@@H]1NC(=O)c1ccc(C)c(c1)-c1cccc(c1)OCC(=O)NC2. The molecule has 5 heterocycles. The van der Waals surface area contributed by atoms with Gasteiger partial charge in [0.05, 0.1) is 25.9 Å². The van der Waals surface area contributed by atoms with E-state index in [0.717, 1.165) is 22.3 Å². The number of methoxy groups -OCH3 is 1. The molecule has 5 aromatic rings. The molecule has 0 spiro atoms. The maximum Gasteiger partial charge on any atom is 0.262 e. The van der Waals surface area contributed by atoms with E-state index in [1.54, 1.807) is 37.0 Å². The predicted molar refractivity (Wildman–Crippen MR) is 177 cm³/mol. The van der Waals surface area contributed by atoms with Crippen molar-refractivity contribution in [2.75, 3.05) is 26.8 Å². The Morgan fingerprint density at radius 2 is 1.90 bits per heavy atom. The predicted octanol–water partition coefficient (Wildman–Crippen LogP) is 2.71. The first-order valence-corrected chi connectivity index (χ1v) is 15.6. The lowest BCUT2D eigenvalue weighted by Crippen LogP contribution is -2.45. The highest BCUT2D eigenvalue weighted by molar-refractivity contribution is 5.96. The van der Waals surface area contributed by atoms with E-state index in [1.807, 2.05) is 49.4 Å². The molecule has 3 aliphatic rings. The molecule has 3 aliphatic heterocycles. The molecule has 246 valence electrons. The number of amides is 2. The summed E-state index contributed by atoms with van der Waals surface area (Å²) in [6.07, 6.45) is 1.03. The summed E-state index contributed by atoms with van der Waals surface area (Å²) in [5, 5.41) is 10.7. The molecular formula is C35H35N7O6. The fraction of sp³-hybridized carbons (Fsp3) is 0.286. The largest absolute Gasteiger partial charge is 0.493 e. The number of carbonyl (C=O) groups excluding carboxylic acids is 2. The first-order valence-electron chi connectivity index (χ1n) is 15.6. The normalized spacial score (nSPS) is 18.4. The highest BCUT2D eigenvalue weighted by Crippen LogP contribution is 2.32. The Morgan fingerprint density at radius 1 is 1.02 bits per heavy atom. The number of aromatic amines is 1. The van der Waals surface area contributed by atoms with Gasteiger partial charge in [0.2, 0.25) is 0 Å². The molecule has 2 aromatic heterocycles. The summed E-state index contributed by atoms with van der Waals surface area (Å²) in [6, 6.07) is 18.1. The molecule has 8 rings (SSSR count). The number of nitrogens with zero attached hydrogens (tertiary/aromatic N) is 4. The number of benzene rings is 3. The summed E-state index contributed by atoms with van der Waals surface area (Å²) >= 11 is 0. The van der Waals surface area contributed by atoms with Gasteiger partial charge in [0.15, 0.2) is 23.8 Å². The van der Waals surface area contributed by atoms with Gasteiger partial charge in [-0.25, -0.2) is 4.98 Å². The lowest BCUT2D eigenvalue weighted by atomic mass is 9.97. The van der Waals surface area contributed by atoms with Gasteiger partial charge < -0.3 is 29.8 Å². The van der Waals surface area contributed by atoms with Crippen molar-refractivity contribution in [1.82, 2.24) is 35.3 Å². The number of aromatic nitrogens is 4. The Labute approximate surface area is 275 Å². The minimum absolute atomic E-state index is 0.151. The molecule has 2 atom stereocenters. The monoisotopic (exact) mass is 649 g/mol. The molecule has 13 nitrogen and oxygen atoms in total. The van der Waals surface area contributed by atoms with Gasteiger partial charge in [-0.05, 0) is 65.6 Å². The number of fused-ring (bicyclic) bond motifs is 8. The fourth-order valence-electron chi connectivity index (χ4n) is 6.17. The number of H-pyrrole nitrogens is 1. The number of aryl methyl sites for hydroxylation is 2. The summed E-state index contributed by atoms with van der Waals surface area (Å²) < 4.78 is 19.6. The van der Waals surface area contributed by atoms with Gasteiger partial charge in [-0.1, -0.05) is 24.3 Å². The Bertz CT molecular complexity index is 2090. The average Bonchev–Trinajstić information content (AvgIpc) is 3.64. The van der Waals surface area contributed by atoms with Crippen LogP contribution in [0.25, 0.3) is 22.2 Å². The van der Waals surface area contributed by atoms with Gasteiger partial charge in [0.25, 0.3) is 17.4 Å². The number of hydrogen-bond donors (Lipinski definition) is 3. The zero-order valence-electron chi connectivity index (χ0n) is 26.8. The first kappa shape index (κ1) is 30.9. The van der Waals surface area contributed by atoms with Gasteiger partial charge in [0, 0.05) is 32.2 Å². The third kappa shape index (κ3) is 6.32. The van der Waals surface area contributed by atoms with Gasteiger partial charge in [0.1, 0.15) is 23.1 Å². The van der Waals surface area contributed by atoms with Gasteiger partial charge in [-0.3, -0.25) is 24.0 Å². The highest BCUT2D eigenvalue weighted by atomic mass is 16.5. The minimum atomic E-state index is -0.468. The molecule has 0 aliphatic carbocycles. The van der Waals surface area contributed by atoms with Crippen LogP contribution in [-0.2, 0) is 24.9 Å². The quantitative estimate of drug-likeness (QED) is 0.268. The lowest BCUT2D eigenvalue weighted by molar-refractivity contribution is -0.123. The van der Waals surface area contributed by atoms with E-state index in [0.29, 0.717) is 59.3 Å². The van der Waals surface area contributed by atoms with E-state index in [1.165, 1.54) is 6.20 Å². The number of ether oxygens (including phenoxy) is 3. The number of nitrogens with one attached hydrogen (secondary N) is 3. The Hall–Kier alpha value is -5.69. The molecule has 3 aromatic carbocycles. The molecule has 0 unspecified atom stereocenters. The molecule has 2 amide bonds. The molecule has 13 heteroatoms. The zero-order valence-corrected chi connectivity index (χ0v) is 26.8. The molecule has 1 saturated heterocycles. The summed E-state index contributed by atoms with van der Waals surface area (Å²) in [5.74, 6) is 1.50. The van der Waals surface area contributed by atoms with Gasteiger partial charge >= 0.3 is 0 Å². The molecular weight excluding hydrogens is 614 g/mol. The van der Waals surface area contributed by atoms with E-state index in [-0.39, 0.29) is 30.5 Å². The summed E-state index contributed by atoms with van der Waals surface area (Å²) in [4.78, 5) is 48.8. The number of likely N-dealkylation sites (tertiary alicyclic amines) is 1. The maximum atomic E-state index is 13.8. The molecule has 48 heavy (non-hydrogen) atoms. The standard InChI is InChI=1S/C35H35N7O6/c1-20-7-9-23-13-25(20)22-5-4-6-24(12-22)47-19-32(43)36-14-21-8-10-28(29(11-21)46-3)48-30-17-42(16-27(30)38-34(23)44)18-31-39-33-26(35(45)40-31)15-37-41(33)2/h4-13,15,27,30H,14,16-19H2,1-3H3,(H,36,43)(H,38,44)(H,39,40,45)/t27-,30-/m0/s1. The van der Waals surface area contributed by atoms with Crippen LogP contribution in [0.4, 0.5) is 0 Å². The smallest absolute Gasteiger partial charge is 0.262 e. The summed E-state index contributed by atoms with van der Waals surface area (Å²) in [6.45, 7) is 3.30. The first-order chi connectivity index (χ1) is 23.2. The van der Waals surface area contributed by atoms with Gasteiger partial charge in [-0.2, -0.15) is 5.10 Å². The topological polar surface area (TPSA) is 153 Å². The summed E-state index contributed by atoms with van der Waals surface area (Å²) in [5.41, 5.74) is 4.26. The van der Waals surface area contributed by atoms with Crippen molar-refractivity contribution in [3.63, 3.8) is 0 Å². The van der Waals surface area contributed by atoms with Crippen LogP contribution >= 0.6 is 0 Å². The van der Waals surface area contributed by atoms with Crippen molar-refractivity contribution in [1.29, 1.82) is 0 Å². The van der Waals surface area contributed by atoms with E-state index in [2.05, 4.69) is 30.6 Å². The third-order valence-electron chi connectivity index (χ3n) is 8.69. The zero-order chi connectivity index (χ0) is 33.4. The Morgan fingerprint density at radius 3 is 2.75 bits per heavy atom.